The lowest BCUT2D eigenvalue weighted by atomic mass is 9.72. The summed E-state index contributed by atoms with van der Waals surface area (Å²) >= 11 is 0. The predicted octanol–water partition coefficient (Wildman–Crippen LogP) is 7.92. The largest absolute Gasteiger partial charge is 0.344 e. The standard InChI is InChI=1S/C30H41NO/c1-10-11-18-31-25-15-13-12-14-22(25)30(8,9)26(31)17-16-21-19-23(28(2,3)4)27(32)24(20-21)29(5,6)7/h12-17,19-20H,10-11,18H2,1-9H3/b26-17-. The number of nitrogens with zero attached hydrogens (tertiary/aromatic N) is 1. The third kappa shape index (κ3) is 4.56. The zero-order valence-corrected chi connectivity index (χ0v) is 21.6. The van der Waals surface area contributed by atoms with Gasteiger partial charge in [0.05, 0.1) is 0 Å². The van der Waals surface area contributed by atoms with E-state index in [-0.39, 0.29) is 22.0 Å². The molecule has 2 aliphatic rings. The molecule has 0 aromatic heterocycles. The molecule has 1 aliphatic carbocycles. The first kappa shape index (κ1) is 24.3. The summed E-state index contributed by atoms with van der Waals surface area (Å²) < 4.78 is 0. The lowest BCUT2D eigenvalue weighted by Gasteiger charge is -2.31. The number of para-hydroxylation sites is 1. The maximum Gasteiger partial charge on any atom is 0.186 e. The van der Waals surface area contributed by atoms with Gasteiger partial charge in [-0.15, -0.1) is 0 Å². The predicted molar refractivity (Wildman–Crippen MR) is 138 cm³/mol. The normalized spacial score (nSPS) is 19.8. The van der Waals surface area contributed by atoms with E-state index in [1.54, 1.807) is 0 Å². The maximum absolute atomic E-state index is 13.3. The van der Waals surface area contributed by atoms with E-state index < -0.39 is 0 Å². The number of unbranched alkanes of at least 4 members (excludes halogenated alkanes) is 1. The molecular weight excluding hydrogens is 390 g/mol. The van der Waals surface area contributed by atoms with Gasteiger partial charge in [-0.1, -0.05) is 93.0 Å². The molecule has 172 valence electrons. The van der Waals surface area contributed by atoms with E-state index in [2.05, 4.69) is 116 Å². The fourth-order valence-electron chi connectivity index (χ4n) is 4.73. The minimum absolute atomic E-state index is 0.0565. The summed E-state index contributed by atoms with van der Waals surface area (Å²) in [6.45, 7) is 20.7. The molecule has 1 aromatic carbocycles. The average Bonchev–Trinajstić information content (AvgIpc) is 2.90. The number of hydrogen-bond donors (Lipinski definition) is 0. The van der Waals surface area contributed by atoms with Crippen LogP contribution in [0.3, 0.4) is 0 Å². The molecule has 1 aromatic rings. The van der Waals surface area contributed by atoms with E-state index in [1.165, 1.54) is 23.4 Å². The van der Waals surface area contributed by atoms with Crippen molar-refractivity contribution in [2.75, 3.05) is 11.4 Å². The smallest absolute Gasteiger partial charge is 0.186 e. The highest BCUT2D eigenvalue weighted by Crippen LogP contribution is 2.48. The summed E-state index contributed by atoms with van der Waals surface area (Å²) in [6.07, 6.45) is 11.0. The van der Waals surface area contributed by atoms with Gasteiger partial charge < -0.3 is 4.90 Å². The molecule has 0 radical (unpaired) electrons. The fraction of sp³-hybridized carbons (Fsp3) is 0.500. The van der Waals surface area contributed by atoms with Crippen LogP contribution >= 0.6 is 0 Å². The molecule has 0 amide bonds. The molecule has 0 unspecified atom stereocenters. The van der Waals surface area contributed by atoms with Crippen LogP contribution in [0.4, 0.5) is 5.69 Å². The molecule has 0 fully saturated rings. The van der Waals surface area contributed by atoms with Crippen LogP contribution in [0, 0.1) is 10.8 Å². The second kappa shape index (κ2) is 8.54. The van der Waals surface area contributed by atoms with E-state index in [1.807, 2.05) is 0 Å². The van der Waals surface area contributed by atoms with Gasteiger partial charge in [-0.3, -0.25) is 4.79 Å². The number of Topliss-reactive ketones (excluding diaryl/α,β-unsaturated/α-hetero) is 1. The summed E-state index contributed by atoms with van der Waals surface area (Å²) in [7, 11) is 0. The first-order chi connectivity index (χ1) is 14.8. The Morgan fingerprint density at radius 1 is 0.906 bits per heavy atom. The zero-order chi connectivity index (χ0) is 23.9. The lowest BCUT2D eigenvalue weighted by Crippen LogP contribution is -2.28. The molecule has 0 saturated heterocycles. The van der Waals surface area contributed by atoms with E-state index in [4.69, 9.17) is 0 Å². The van der Waals surface area contributed by atoms with E-state index >= 15 is 0 Å². The van der Waals surface area contributed by atoms with Gasteiger partial charge in [0.1, 0.15) is 0 Å². The molecular formula is C30H41NO. The van der Waals surface area contributed by atoms with Crippen LogP contribution in [-0.4, -0.2) is 12.3 Å². The molecule has 1 heterocycles. The Morgan fingerprint density at radius 2 is 1.47 bits per heavy atom. The molecule has 0 bridgehead atoms. The van der Waals surface area contributed by atoms with Crippen molar-refractivity contribution in [1.82, 2.24) is 0 Å². The molecule has 0 atom stereocenters. The lowest BCUT2D eigenvalue weighted by molar-refractivity contribution is -0.114. The molecule has 32 heavy (non-hydrogen) atoms. The van der Waals surface area contributed by atoms with Gasteiger partial charge in [0.25, 0.3) is 0 Å². The molecule has 1 aliphatic heterocycles. The number of ketones is 1. The van der Waals surface area contributed by atoms with Crippen molar-refractivity contribution >= 4 is 11.5 Å². The van der Waals surface area contributed by atoms with E-state index in [9.17, 15) is 4.79 Å². The van der Waals surface area contributed by atoms with Crippen molar-refractivity contribution < 1.29 is 4.79 Å². The highest BCUT2D eigenvalue weighted by atomic mass is 16.1. The summed E-state index contributed by atoms with van der Waals surface area (Å²) in [5, 5.41) is 0. The first-order valence-corrected chi connectivity index (χ1v) is 12.1. The number of benzene rings is 1. The number of hydrogen-bond acceptors (Lipinski definition) is 2. The summed E-state index contributed by atoms with van der Waals surface area (Å²) in [5.74, 6) is 0.188. The third-order valence-corrected chi connectivity index (χ3v) is 6.70. The van der Waals surface area contributed by atoms with Crippen molar-refractivity contribution in [3.8, 4) is 0 Å². The highest BCUT2D eigenvalue weighted by molar-refractivity contribution is 6.11. The van der Waals surface area contributed by atoms with Crippen molar-refractivity contribution in [1.29, 1.82) is 0 Å². The van der Waals surface area contributed by atoms with Crippen LogP contribution in [0.15, 0.2) is 71.0 Å². The van der Waals surface area contributed by atoms with Crippen molar-refractivity contribution in [3.63, 3.8) is 0 Å². The maximum atomic E-state index is 13.3. The monoisotopic (exact) mass is 431 g/mol. The number of carbonyl (C=O) groups is 1. The van der Waals surface area contributed by atoms with E-state index in [0.717, 1.165) is 29.7 Å². The molecule has 2 heteroatoms. The number of carbonyl (C=O) groups excluding carboxylic acids is 1. The first-order valence-electron chi connectivity index (χ1n) is 12.1. The SMILES string of the molecule is CCCCN1/C(=C\C=C2C=C(C(C)(C)C)C(=O)C(C(C)(C)C)=C2)C(C)(C)c2ccccc21. The Hall–Kier alpha value is -2.35. The van der Waals surface area contributed by atoms with Crippen molar-refractivity contribution in [3.05, 3.63) is 76.5 Å². The number of allylic oxidation sites excluding steroid dienone is 8. The minimum Gasteiger partial charge on any atom is -0.344 e. The van der Waals surface area contributed by atoms with Crippen LogP contribution in [0.2, 0.25) is 0 Å². The van der Waals surface area contributed by atoms with Crippen LogP contribution in [0.5, 0.6) is 0 Å². The second-order valence-electron chi connectivity index (χ2n) is 11.8. The minimum atomic E-state index is -0.190. The second-order valence-corrected chi connectivity index (χ2v) is 11.8. The van der Waals surface area contributed by atoms with Crippen LogP contribution in [0.1, 0.15) is 80.7 Å². The Labute approximate surface area is 195 Å². The van der Waals surface area contributed by atoms with Crippen molar-refractivity contribution in [2.45, 2.75) is 80.6 Å². The summed E-state index contributed by atoms with van der Waals surface area (Å²) in [5.41, 5.74) is 6.50. The summed E-state index contributed by atoms with van der Waals surface area (Å²) in [6, 6.07) is 8.79. The highest BCUT2D eigenvalue weighted by Gasteiger charge is 2.39. The number of anilines is 1. The van der Waals surface area contributed by atoms with Gasteiger partial charge in [-0.05, 0) is 52.7 Å². The number of fused-ring (bicyclic) bond motifs is 1. The zero-order valence-electron chi connectivity index (χ0n) is 21.6. The third-order valence-electron chi connectivity index (χ3n) is 6.70. The Kier molecular flexibility index (Phi) is 6.48. The van der Waals surface area contributed by atoms with Crippen LogP contribution in [-0.2, 0) is 10.2 Å². The van der Waals surface area contributed by atoms with Gasteiger partial charge in [-0.25, -0.2) is 0 Å². The Balaban J connectivity index is 2.13. The van der Waals surface area contributed by atoms with Crippen molar-refractivity contribution in [2.24, 2.45) is 10.8 Å². The quantitative estimate of drug-likeness (QED) is 0.482. The molecule has 2 nitrogen and oxygen atoms in total. The molecule has 0 N–H and O–H groups in total. The molecule has 0 spiro atoms. The Bertz CT molecular complexity index is 980. The molecule has 0 saturated carbocycles. The van der Waals surface area contributed by atoms with Gasteiger partial charge in [0.2, 0.25) is 0 Å². The Morgan fingerprint density at radius 3 is 2.00 bits per heavy atom. The van der Waals surface area contributed by atoms with Gasteiger partial charge >= 0.3 is 0 Å². The average molecular weight is 432 g/mol. The van der Waals surface area contributed by atoms with Crippen LogP contribution < -0.4 is 4.90 Å². The van der Waals surface area contributed by atoms with Gasteiger partial charge in [0.15, 0.2) is 5.78 Å². The molecule has 3 rings (SSSR count). The summed E-state index contributed by atoms with van der Waals surface area (Å²) in [4.78, 5) is 15.8. The number of rotatable bonds is 4. The van der Waals surface area contributed by atoms with Gasteiger partial charge in [0, 0.05) is 34.5 Å². The fourth-order valence-corrected chi connectivity index (χ4v) is 4.73. The van der Waals surface area contributed by atoms with E-state index in [0.29, 0.717) is 0 Å². The topological polar surface area (TPSA) is 20.3 Å². The van der Waals surface area contributed by atoms with Crippen LogP contribution in [0.25, 0.3) is 0 Å². The van der Waals surface area contributed by atoms with Gasteiger partial charge in [-0.2, -0.15) is 0 Å².